The zero-order valence-electron chi connectivity index (χ0n) is 15.5. The molecule has 118 valence electrons. The van der Waals surface area contributed by atoms with Gasteiger partial charge in [0.2, 0.25) is 0 Å². The monoisotopic (exact) mass is 279 g/mol. The van der Waals surface area contributed by atoms with E-state index < -0.39 is 0 Å². The van der Waals surface area contributed by atoms with Gasteiger partial charge in [-0.3, -0.25) is 4.98 Å². The second-order valence-electron chi connectivity index (χ2n) is 2.20. The van der Waals surface area contributed by atoms with E-state index in [0.717, 1.165) is 5.52 Å². The third kappa shape index (κ3) is 14.7. The summed E-state index contributed by atoms with van der Waals surface area (Å²) in [5.41, 5.74) is 1.06. The number of para-hydroxylation sites is 1. The zero-order valence-corrected chi connectivity index (χ0v) is 15.5. The van der Waals surface area contributed by atoms with Gasteiger partial charge in [-0.15, -0.1) is 0 Å². The Labute approximate surface area is 128 Å². The lowest BCUT2D eigenvalue weighted by molar-refractivity contribution is 1.41. The van der Waals surface area contributed by atoms with E-state index in [9.17, 15) is 0 Å². The number of rotatable bonds is 0. The third-order valence-corrected chi connectivity index (χ3v) is 1.51. The Bertz CT molecular complexity index is 277. The molecule has 0 saturated carbocycles. The van der Waals surface area contributed by atoms with Crippen molar-refractivity contribution in [1.29, 1.82) is 0 Å². The summed E-state index contributed by atoms with van der Waals surface area (Å²) in [5, 5.41) is 1.20. The van der Waals surface area contributed by atoms with E-state index in [-0.39, 0.29) is 0 Å². The maximum atomic E-state index is 4.18. The highest BCUT2D eigenvalue weighted by Gasteiger charge is 1.86. The van der Waals surface area contributed by atoms with Gasteiger partial charge in [-0.2, -0.15) is 0 Å². The Morgan fingerprint density at radius 2 is 0.950 bits per heavy atom. The number of pyridine rings is 1. The van der Waals surface area contributed by atoms with Crippen LogP contribution in [0.25, 0.3) is 10.9 Å². The molecule has 1 heteroatoms. The van der Waals surface area contributed by atoms with Crippen LogP contribution in [0.3, 0.4) is 0 Å². The lowest BCUT2D eigenvalue weighted by Gasteiger charge is -1.91. The summed E-state index contributed by atoms with van der Waals surface area (Å²) in [6, 6.07) is 12.1. The fourth-order valence-electron chi connectivity index (χ4n) is 1.02. The summed E-state index contributed by atoms with van der Waals surface area (Å²) in [6.07, 6.45) is 1.81. The lowest BCUT2D eigenvalue weighted by Crippen LogP contribution is -1.73. The molecule has 20 heavy (non-hydrogen) atoms. The molecule has 0 atom stereocenters. The molecule has 1 heterocycles. The van der Waals surface area contributed by atoms with Gasteiger partial charge in [0.15, 0.2) is 0 Å². The highest BCUT2D eigenvalue weighted by atomic mass is 14.6. The fourth-order valence-corrected chi connectivity index (χ4v) is 1.02. The molecule has 0 unspecified atom stereocenters. The zero-order chi connectivity index (χ0) is 16.8. The average Bonchev–Trinajstić information content (AvgIpc) is 2.64. The van der Waals surface area contributed by atoms with Crippen LogP contribution in [0.15, 0.2) is 42.6 Å². The van der Waals surface area contributed by atoms with E-state index in [1.54, 1.807) is 0 Å². The van der Waals surface area contributed by atoms with Crippen molar-refractivity contribution in [3.8, 4) is 0 Å². The molecule has 1 aromatic heterocycles. The largest absolute Gasteiger partial charge is 0.256 e. The number of benzene rings is 1. The van der Waals surface area contributed by atoms with Gasteiger partial charge in [-0.05, 0) is 12.1 Å². The first-order valence-corrected chi connectivity index (χ1v) is 8.26. The number of hydrogen-bond acceptors (Lipinski definition) is 1. The molecule has 0 amide bonds. The highest BCUT2D eigenvalue weighted by molar-refractivity contribution is 5.77. The summed E-state index contributed by atoms with van der Waals surface area (Å²) in [7, 11) is 0. The molecule has 0 fully saturated rings. The normalized spacial score (nSPS) is 6.50. The Morgan fingerprint density at radius 1 is 0.550 bits per heavy atom. The fraction of sp³-hybridized carbons (Fsp3) is 0.526. The van der Waals surface area contributed by atoms with E-state index in [1.165, 1.54) is 5.39 Å². The number of fused-ring (bicyclic) bond motifs is 1. The molecule has 0 aliphatic carbocycles. The molecular formula is C19H37N. The summed E-state index contributed by atoms with van der Waals surface area (Å²) in [5.74, 6) is 0. The van der Waals surface area contributed by atoms with E-state index in [2.05, 4.69) is 17.1 Å². The third-order valence-electron chi connectivity index (χ3n) is 1.51. The van der Waals surface area contributed by atoms with Crippen LogP contribution in [0.2, 0.25) is 0 Å². The van der Waals surface area contributed by atoms with E-state index >= 15 is 0 Å². The quantitative estimate of drug-likeness (QED) is 0.490. The van der Waals surface area contributed by atoms with E-state index in [4.69, 9.17) is 0 Å². The van der Waals surface area contributed by atoms with Gasteiger partial charge < -0.3 is 0 Å². The van der Waals surface area contributed by atoms with Crippen LogP contribution >= 0.6 is 0 Å². The first-order chi connectivity index (χ1) is 9.97. The van der Waals surface area contributed by atoms with Crippen molar-refractivity contribution in [3.63, 3.8) is 0 Å². The van der Waals surface area contributed by atoms with Crippen molar-refractivity contribution in [2.75, 3.05) is 0 Å². The lowest BCUT2D eigenvalue weighted by atomic mass is 10.2. The molecule has 0 radical (unpaired) electrons. The Morgan fingerprint density at radius 3 is 1.40 bits per heavy atom. The SMILES string of the molecule is CC.CC.CC.CC.CC.c1ccc2ncccc2c1. The minimum absolute atomic E-state index is 1.06. The molecule has 0 spiro atoms. The molecule has 0 aliphatic rings. The molecule has 2 rings (SSSR count). The molecule has 2 aromatic rings. The van der Waals surface area contributed by atoms with Crippen LogP contribution < -0.4 is 0 Å². The minimum Gasteiger partial charge on any atom is -0.256 e. The van der Waals surface area contributed by atoms with Crippen LogP contribution in [0.4, 0.5) is 0 Å². The van der Waals surface area contributed by atoms with Crippen molar-refractivity contribution >= 4 is 10.9 Å². The van der Waals surface area contributed by atoms with Crippen molar-refractivity contribution in [2.24, 2.45) is 0 Å². The maximum Gasteiger partial charge on any atom is 0.0701 e. The predicted molar refractivity (Wildman–Crippen MR) is 98.5 cm³/mol. The number of nitrogens with zero attached hydrogens (tertiary/aromatic N) is 1. The molecule has 0 aliphatic heterocycles. The van der Waals surface area contributed by atoms with Gasteiger partial charge in [0.05, 0.1) is 5.52 Å². The van der Waals surface area contributed by atoms with Crippen molar-refractivity contribution < 1.29 is 0 Å². The van der Waals surface area contributed by atoms with E-state index in [0.29, 0.717) is 0 Å². The topological polar surface area (TPSA) is 12.9 Å². The first-order valence-electron chi connectivity index (χ1n) is 8.26. The number of hydrogen-bond donors (Lipinski definition) is 0. The van der Waals surface area contributed by atoms with Crippen molar-refractivity contribution in [1.82, 2.24) is 4.98 Å². The molecule has 1 nitrogen and oxygen atoms in total. The highest BCUT2D eigenvalue weighted by Crippen LogP contribution is 2.07. The van der Waals surface area contributed by atoms with Gasteiger partial charge in [0, 0.05) is 11.6 Å². The molecule has 1 aromatic carbocycles. The Balaban J connectivity index is -0.000000110. The molecular weight excluding hydrogens is 242 g/mol. The Hall–Kier alpha value is -1.37. The molecule has 0 saturated heterocycles. The van der Waals surface area contributed by atoms with Crippen LogP contribution in [0, 0.1) is 0 Å². The molecule has 0 bridgehead atoms. The second-order valence-corrected chi connectivity index (χ2v) is 2.20. The molecule has 0 N–H and O–H groups in total. The summed E-state index contributed by atoms with van der Waals surface area (Å²) in [6.45, 7) is 20.0. The summed E-state index contributed by atoms with van der Waals surface area (Å²) < 4.78 is 0. The Kier molecular flexibility index (Phi) is 41.3. The second kappa shape index (κ2) is 30.6. The average molecular weight is 280 g/mol. The van der Waals surface area contributed by atoms with E-state index in [1.807, 2.05) is 99.7 Å². The number of aromatic nitrogens is 1. The standard InChI is InChI=1S/C9H7N.5C2H6/c1-2-6-9-8(4-1)5-3-7-10-9;5*1-2/h1-7H;5*1-2H3. The van der Waals surface area contributed by atoms with Crippen molar-refractivity contribution in [2.45, 2.75) is 69.2 Å². The van der Waals surface area contributed by atoms with Gasteiger partial charge in [-0.25, -0.2) is 0 Å². The maximum absolute atomic E-state index is 4.18. The first kappa shape index (κ1) is 27.1. The van der Waals surface area contributed by atoms with Crippen LogP contribution in [0.5, 0.6) is 0 Å². The van der Waals surface area contributed by atoms with Gasteiger partial charge in [0.25, 0.3) is 0 Å². The van der Waals surface area contributed by atoms with Gasteiger partial charge in [0.1, 0.15) is 0 Å². The van der Waals surface area contributed by atoms with Gasteiger partial charge >= 0.3 is 0 Å². The minimum atomic E-state index is 1.06. The van der Waals surface area contributed by atoms with Gasteiger partial charge in [-0.1, -0.05) is 93.5 Å². The van der Waals surface area contributed by atoms with Crippen LogP contribution in [0.1, 0.15) is 69.2 Å². The van der Waals surface area contributed by atoms with Crippen LogP contribution in [-0.4, -0.2) is 4.98 Å². The summed E-state index contributed by atoms with van der Waals surface area (Å²) in [4.78, 5) is 4.18. The predicted octanol–water partition coefficient (Wildman–Crippen LogP) is 7.37. The smallest absolute Gasteiger partial charge is 0.0701 e. The summed E-state index contributed by atoms with van der Waals surface area (Å²) >= 11 is 0. The van der Waals surface area contributed by atoms with Crippen molar-refractivity contribution in [3.05, 3.63) is 42.6 Å². The van der Waals surface area contributed by atoms with Crippen LogP contribution in [-0.2, 0) is 0 Å².